The second-order valence-electron chi connectivity index (χ2n) is 6.96. The van der Waals surface area contributed by atoms with Crippen LogP contribution in [0.1, 0.15) is 45.2 Å². The highest BCUT2D eigenvalue weighted by molar-refractivity contribution is 6.11. The summed E-state index contributed by atoms with van der Waals surface area (Å²) in [6.07, 6.45) is 2.17. The standard InChI is InChI=1S/C24H22N2O2/c1-2-6-16-9-11-17(12-10-16)19-13-14-21(22-20(19)15-25-24(22)28)26-23(27)18-7-4-3-5-8-18/h3-5,7-14H,2,6,15H2,1H3,(H,25,28)(H,26,27). The van der Waals surface area contributed by atoms with Crippen LogP contribution in [-0.2, 0) is 13.0 Å². The van der Waals surface area contributed by atoms with Crippen LogP contribution in [0.4, 0.5) is 5.69 Å². The molecule has 1 aliphatic rings. The maximum absolute atomic E-state index is 12.5. The largest absolute Gasteiger partial charge is 0.348 e. The molecule has 0 aromatic heterocycles. The number of fused-ring (bicyclic) bond motifs is 1. The highest BCUT2D eigenvalue weighted by atomic mass is 16.2. The van der Waals surface area contributed by atoms with E-state index in [1.165, 1.54) is 5.56 Å². The summed E-state index contributed by atoms with van der Waals surface area (Å²) >= 11 is 0. The van der Waals surface area contributed by atoms with Gasteiger partial charge in [-0.25, -0.2) is 0 Å². The Kier molecular flexibility index (Phi) is 4.94. The molecule has 140 valence electrons. The lowest BCUT2D eigenvalue weighted by molar-refractivity contribution is 0.0966. The van der Waals surface area contributed by atoms with Crippen molar-refractivity contribution in [3.05, 3.63) is 89.0 Å². The van der Waals surface area contributed by atoms with Gasteiger partial charge in [-0.05, 0) is 46.9 Å². The number of hydrogen-bond donors (Lipinski definition) is 2. The molecule has 4 rings (SSSR count). The Morgan fingerprint density at radius 2 is 1.75 bits per heavy atom. The monoisotopic (exact) mass is 370 g/mol. The summed E-state index contributed by atoms with van der Waals surface area (Å²) in [5, 5.41) is 5.78. The minimum absolute atomic E-state index is 0.150. The van der Waals surface area contributed by atoms with Crippen LogP contribution in [-0.4, -0.2) is 11.8 Å². The SMILES string of the molecule is CCCc1ccc(-c2ccc(NC(=O)c3ccccc3)c3c2CNC3=O)cc1. The molecule has 0 radical (unpaired) electrons. The lowest BCUT2D eigenvalue weighted by atomic mass is 9.94. The summed E-state index contributed by atoms with van der Waals surface area (Å²) < 4.78 is 0. The van der Waals surface area contributed by atoms with E-state index in [-0.39, 0.29) is 11.8 Å². The van der Waals surface area contributed by atoms with Gasteiger partial charge in [0.2, 0.25) is 0 Å². The van der Waals surface area contributed by atoms with Gasteiger partial charge < -0.3 is 10.6 Å². The van der Waals surface area contributed by atoms with Crippen molar-refractivity contribution in [2.45, 2.75) is 26.3 Å². The number of amides is 2. The van der Waals surface area contributed by atoms with Crippen LogP contribution in [0.2, 0.25) is 0 Å². The van der Waals surface area contributed by atoms with Gasteiger partial charge in [0, 0.05) is 12.1 Å². The zero-order valence-corrected chi connectivity index (χ0v) is 15.8. The van der Waals surface area contributed by atoms with E-state index in [1.807, 2.05) is 30.3 Å². The second kappa shape index (κ2) is 7.69. The van der Waals surface area contributed by atoms with E-state index in [0.717, 1.165) is 29.5 Å². The van der Waals surface area contributed by atoms with Gasteiger partial charge in [-0.1, -0.05) is 61.9 Å². The fourth-order valence-corrected chi connectivity index (χ4v) is 3.65. The number of benzene rings is 3. The molecule has 3 aromatic rings. The van der Waals surface area contributed by atoms with Crippen LogP contribution in [0.5, 0.6) is 0 Å². The minimum atomic E-state index is -0.223. The van der Waals surface area contributed by atoms with Crippen molar-refractivity contribution in [1.29, 1.82) is 0 Å². The number of nitrogens with one attached hydrogen (secondary N) is 2. The summed E-state index contributed by atoms with van der Waals surface area (Å²) in [6.45, 7) is 2.63. The lowest BCUT2D eigenvalue weighted by Crippen LogP contribution is -2.17. The number of carbonyl (C=O) groups is 2. The number of hydrogen-bond acceptors (Lipinski definition) is 2. The van der Waals surface area contributed by atoms with Crippen molar-refractivity contribution in [2.24, 2.45) is 0 Å². The highest BCUT2D eigenvalue weighted by Crippen LogP contribution is 2.34. The van der Waals surface area contributed by atoms with Crippen LogP contribution >= 0.6 is 0 Å². The third kappa shape index (κ3) is 3.41. The molecule has 3 aromatic carbocycles. The van der Waals surface area contributed by atoms with Gasteiger partial charge in [0.25, 0.3) is 11.8 Å². The van der Waals surface area contributed by atoms with Crippen LogP contribution in [0, 0.1) is 0 Å². The zero-order chi connectivity index (χ0) is 19.5. The maximum atomic E-state index is 12.5. The molecule has 4 nitrogen and oxygen atoms in total. The van der Waals surface area contributed by atoms with Crippen molar-refractivity contribution >= 4 is 17.5 Å². The first-order valence-electron chi connectivity index (χ1n) is 9.57. The lowest BCUT2D eigenvalue weighted by Gasteiger charge is -2.13. The summed E-state index contributed by atoms with van der Waals surface area (Å²) in [6, 6.07) is 21.3. The smallest absolute Gasteiger partial charge is 0.255 e. The Balaban J connectivity index is 1.69. The average Bonchev–Trinajstić information content (AvgIpc) is 3.12. The van der Waals surface area contributed by atoms with Gasteiger partial charge in [0.15, 0.2) is 0 Å². The quantitative estimate of drug-likeness (QED) is 0.678. The molecule has 1 heterocycles. The number of carbonyl (C=O) groups excluding carboxylic acids is 2. The van der Waals surface area contributed by atoms with Gasteiger partial charge in [0.1, 0.15) is 0 Å². The van der Waals surface area contributed by atoms with Crippen molar-refractivity contribution in [2.75, 3.05) is 5.32 Å². The first-order chi connectivity index (χ1) is 13.7. The van der Waals surface area contributed by atoms with Gasteiger partial charge in [-0.3, -0.25) is 9.59 Å². The van der Waals surface area contributed by atoms with E-state index < -0.39 is 0 Å². The molecule has 0 spiro atoms. The molecule has 1 aliphatic heterocycles. The second-order valence-corrected chi connectivity index (χ2v) is 6.96. The van der Waals surface area contributed by atoms with E-state index in [9.17, 15) is 9.59 Å². The first-order valence-corrected chi connectivity index (χ1v) is 9.57. The fraction of sp³-hybridized carbons (Fsp3) is 0.167. The van der Waals surface area contributed by atoms with Crippen molar-refractivity contribution in [3.63, 3.8) is 0 Å². The molecular weight excluding hydrogens is 348 g/mol. The van der Waals surface area contributed by atoms with Gasteiger partial charge >= 0.3 is 0 Å². The molecular formula is C24H22N2O2. The van der Waals surface area contributed by atoms with Crippen LogP contribution in [0.15, 0.2) is 66.7 Å². The molecule has 0 fully saturated rings. The third-order valence-corrected chi connectivity index (χ3v) is 5.05. The zero-order valence-electron chi connectivity index (χ0n) is 15.8. The van der Waals surface area contributed by atoms with E-state index >= 15 is 0 Å². The first kappa shape index (κ1) is 18.0. The molecule has 2 N–H and O–H groups in total. The maximum Gasteiger partial charge on any atom is 0.255 e. The topological polar surface area (TPSA) is 58.2 Å². The molecule has 0 bridgehead atoms. The molecule has 0 saturated carbocycles. The Hall–Kier alpha value is -3.40. The van der Waals surface area contributed by atoms with Crippen molar-refractivity contribution in [1.82, 2.24) is 5.32 Å². The predicted octanol–water partition coefficient (Wildman–Crippen LogP) is 4.80. The molecule has 0 atom stereocenters. The van der Waals surface area contributed by atoms with Crippen molar-refractivity contribution in [3.8, 4) is 11.1 Å². The summed E-state index contributed by atoms with van der Waals surface area (Å²) in [7, 11) is 0. The van der Waals surface area contributed by atoms with E-state index in [0.29, 0.717) is 23.4 Å². The predicted molar refractivity (Wildman–Crippen MR) is 111 cm³/mol. The van der Waals surface area contributed by atoms with Gasteiger partial charge in [-0.15, -0.1) is 0 Å². The van der Waals surface area contributed by atoms with E-state index in [4.69, 9.17) is 0 Å². The summed E-state index contributed by atoms with van der Waals surface area (Å²) in [5.41, 5.74) is 6.00. The average molecular weight is 370 g/mol. The molecule has 28 heavy (non-hydrogen) atoms. The summed E-state index contributed by atoms with van der Waals surface area (Å²) in [5.74, 6) is -0.373. The third-order valence-electron chi connectivity index (χ3n) is 5.05. The summed E-state index contributed by atoms with van der Waals surface area (Å²) in [4.78, 5) is 25.0. The number of aryl methyl sites for hydroxylation is 1. The van der Waals surface area contributed by atoms with Gasteiger partial charge in [0.05, 0.1) is 11.3 Å². The Bertz CT molecular complexity index is 1020. The number of rotatable bonds is 5. The number of anilines is 1. The Morgan fingerprint density at radius 1 is 1.00 bits per heavy atom. The molecule has 4 heteroatoms. The fourth-order valence-electron chi connectivity index (χ4n) is 3.65. The van der Waals surface area contributed by atoms with E-state index in [2.05, 4.69) is 41.8 Å². The molecule has 0 unspecified atom stereocenters. The Labute approximate surface area is 164 Å². The van der Waals surface area contributed by atoms with Crippen molar-refractivity contribution < 1.29 is 9.59 Å². The van der Waals surface area contributed by atoms with Crippen LogP contribution in [0.3, 0.4) is 0 Å². The molecule has 0 aliphatic carbocycles. The Morgan fingerprint density at radius 3 is 2.46 bits per heavy atom. The minimum Gasteiger partial charge on any atom is -0.348 e. The molecule has 0 saturated heterocycles. The van der Waals surface area contributed by atoms with Gasteiger partial charge in [-0.2, -0.15) is 0 Å². The molecule has 2 amide bonds. The highest BCUT2D eigenvalue weighted by Gasteiger charge is 2.26. The normalized spacial score (nSPS) is 12.4. The van der Waals surface area contributed by atoms with Crippen LogP contribution in [0.25, 0.3) is 11.1 Å². The van der Waals surface area contributed by atoms with Crippen LogP contribution < -0.4 is 10.6 Å². The van der Waals surface area contributed by atoms with E-state index in [1.54, 1.807) is 12.1 Å².